The highest BCUT2D eigenvalue weighted by Gasteiger charge is 2.07. The largest absolute Gasteiger partial charge is 0.388 e. The Morgan fingerprint density at radius 3 is 1.36 bits per heavy atom. The first kappa shape index (κ1) is 32.8. The highest BCUT2D eigenvalue weighted by molar-refractivity contribution is 4.53. The Labute approximate surface area is 207 Å². The van der Waals surface area contributed by atoms with Gasteiger partial charge < -0.3 is 23.8 Å². The minimum atomic E-state index is -0.544. The zero-order valence-corrected chi connectivity index (χ0v) is 23.0. The molecule has 0 bridgehead atoms. The van der Waals surface area contributed by atoms with Crippen molar-refractivity contribution in [2.45, 2.75) is 116 Å². The SMILES string of the molecule is CCCCCCCCCCCCCCCCCCOCC(O)COCCOCC[N+](C)(C)C. The zero-order valence-electron chi connectivity index (χ0n) is 23.0. The van der Waals surface area contributed by atoms with E-state index < -0.39 is 6.10 Å². The molecule has 0 aromatic rings. The lowest BCUT2D eigenvalue weighted by atomic mass is 10.0. The van der Waals surface area contributed by atoms with Crippen LogP contribution in [-0.2, 0) is 14.2 Å². The number of quaternary nitrogens is 1. The van der Waals surface area contributed by atoms with Crippen molar-refractivity contribution in [3.05, 3.63) is 0 Å². The van der Waals surface area contributed by atoms with Crippen molar-refractivity contribution in [3.8, 4) is 0 Å². The van der Waals surface area contributed by atoms with Gasteiger partial charge in [-0.05, 0) is 6.42 Å². The number of aliphatic hydroxyl groups excluding tert-OH is 1. The standard InChI is InChI=1S/C28H60NO4/c1-5-6-7-8-9-10-11-12-13-14-15-16-17-18-19-20-22-32-26-28(30)27-33-25-24-31-23-21-29(2,3)4/h28,30H,5-27H2,1-4H3/q+1. The third-order valence-corrected chi connectivity index (χ3v) is 6.04. The predicted molar refractivity (Wildman–Crippen MR) is 141 cm³/mol. The molecule has 0 radical (unpaired) electrons. The Balaban J connectivity index is 3.15. The molecule has 5 heteroatoms. The first-order valence-electron chi connectivity index (χ1n) is 14.2. The topological polar surface area (TPSA) is 47.9 Å². The van der Waals surface area contributed by atoms with Crippen molar-refractivity contribution in [1.29, 1.82) is 0 Å². The fourth-order valence-electron chi connectivity index (χ4n) is 3.80. The van der Waals surface area contributed by atoms with Gasteiger partial charge in [-0.1, -0.05) is 103 Å². The molecule has 1 unspecified atom stereocenters. The fraction of sp³-hybridized carbons (Fsp3) is 1.00. The summed E-state index contributed by atoms with van der Waals surface area (Å²) in [7, 11) is 6.45. The molecule has 200 valence electrons. The smallest absolute Gasteiger partial charge is 0.102 e. The molecule has 0 spiro atoms. The molecular formula is C28H60NO4+. The van der Waals surface area contributed by atoms with Gasteiger partial charge in [0.05, 0.1) is 54.2 Å². The molecule has 0 aromatic carbocycles. The van der Waals surface area contributed by atoms with Gasteiger partial charge >= 0.3 is 0 Å². The van der Waals surface area contributed by atoms with Crippen LogP contribution in [0, 0.1) is 0 Å². The van der Waals surface area contributed by atoms with E-state index in [2.05, 4.69) is 28.1 Å². The van der Waals surface area contributed by atoms with Gasteiger partial charge in [0.2, 0.25) is 0 Å². The molecule has 33 heavy (non-hydrogen) atoms. The van der Waals surface area contributed by atoms with E-state index in [1.165, 1.54) is 96.3 Å². The van der Waals surface area contributed by atoms with Crippen LogP contribution in [0.3, 0.4) is 0 Å². The Morgan fingerprint density at radius 1 is 0.515 bits per heavy atom. The summed E-state index contributed by atoms with van der Waals surface area (Å²) in [5.41, 5.74) is 0. The summed E-state index contributed by atoms with van der Waals surface area (Å²) in [5.74, 6) is 0. The van der Waals surface area contributed by atoms with Crippen LogP contribution in [0.2, 0.25) is 0 Å². The van der Waals surface area contributed by atoms with E-state index in [0.717, 1.165) is 30.7 Å². The summed E-state index contributed by atoms with van der Waals surface area (Å²) in [6, 6.07) is 0. The van der Waals surface area contributed by atoms with E-state index in [9.17, 15) is 5.11 Å². The Hall–Kier alpha value is -0.200. The van der Waals surface area contributed by atoms with E-state index in [-0.39, 0.29) is 0 Å². The van der Waals surface area contributed by atoms with Gasteiger partial charge in [0, 0.05) is 6.61 Å². The maximum atomic E-state index is 9.90. The van der Waals surface area contributed by atoms with Gasteiger partial charge in [-0.15, -0.1) is 0 Å². The minimum Gasteiger partial charge on any atom is -0.388 e. The summed E-state index contributed by atoms with van der Waals surface area (Å²) < 4.78 is 17.5. The van der Waals surface area contributed by atoms with Crippen molar-refractivity contribution < 1.29 is 23.8 Å². The lowest BCUT2D eigenvalue weighted by molar-refractivity contribution is -0.870. The van der Waals surface area contributed by atoms with E-state index >= 15 is 0 Å². The van der Waals surface area contributed by atoms with E-state index in [0.29, 0.717) is 26.4 Å². The Bertz CT molecular complexity index is 373. The third-order valence-electron chi connectivity index (χ3n) is 6.04. The summed E-state index contributed by atoms with van der Waals surface area (Å²) in [6.07, 6.45) is 21.5. The first-order valence-corrected chi connectivity index (χ1v) is 14.2. The molecule has 1 atom stereocenters. The first-order chi connectivity index (χ1) is 16.0. The second-order valence-electron chi connectivity index (χ2n) is 10.7. The molecule has 0 aliphatic heterocycles. The molecule has 1 N–H and O–H groups in total. The van der Waals surface area contributed by atoms with Crippen molar-refractivity contribution in [2.75, 3.05) is 67.3 Å². The van der Waals surface area contributed by atoms with Crippen LogP contribution in [0.4, 0.5) is 0 Å². The highest BCUT2D eigenvalue weighted by Crippen LogP contribution is 2.13. The van der Waals surface area contributed by atoms with Crippen LogP contribution in [0.25, 0.3) is 0 Å². The van der Waals surface area contributed by atoms with Crippen LogP contribution in [0.5, 0.6) is 0 Å². The average molecular weight is 475 g/mol. The lowest BCUT2D eigenvalue weighted by Crippen LogP contribution is -2.37. The number of rotatable bonds is 27. The van der Waals surface area contributed by atoms with E-state index in [1.807, 2.05) is 0 Å². The molecule has 0 fully saturated rings. The van der Waals surface area contributed by atoms with Crippen molar-refractivity contribution >= 4 is 0 Å². The second kappa shape index (κ2) is 24.9. The molecule has 0 amide bonds. The van der Waals surface area contributed by atoms with Crippen LogP contribution >= 0.6 is 0 Å². The number of aliphatic hydroxyl groups is 1. The summed E-state index contributed by atoms with van der Waals surface area (Å²) in [5, 5.41) is 9.90. The number of hydrogen-bond acceptors (Lipinski definition) is 4. The molecule has 0 saturated carbocycles. The van der Waals surface area contributed by atoms with Crippen LogP contribution < -0.4 is 0 Å². The van der Waals surface area contributed by atoms with Gasteiger partial charge in [-0.3, -0.25) is 0 Å². The summed E-state index contributed by atoms with van der Waals surface area (Å²) >= 11 is 0. The van der Waals surface area contributed by atoms with Gasteiger partial charge in [0.15, 0.2) is 0 Å². The normalized spacial score (nSPS) is 13.0. The van der Waals surface area contributed by atoms with Crippen LogP contribution in [-0.4, -0.2) is 83.0 Å². The van der Waals surface area contributed by atoms with Crippen molar-refractivity contribution in [2.24, 2.45) is 0 Å². The molecule has 5 nitrogen and oxygen atoms in total. The molecule has 0 aliphatic carbocycles. The zero-order chi connectivity index (χ0) is 24.5. The van der Waals surface area contributed by atoms with Gasteiger partial charge in [-0.2, -0.15) is 0 Å². The number of unbranched alkanes of at least 4 members (excludes halogenated alkanes) is 15. The number of nitrogens with zero attached hydrogens (tertiary/aromatic N) is 1. The maximum absolute atomic E-state index is 9.90. The van der Waals surface area contributed by atoms with Crippen molar-refractivity contribution in [3.63, 3.8) is 0 Å². The molecular weight excluding hydrogens is 414 g/mol. The minimum absolute atomic E-state index is 0.317. The van der Waals surface area contributed by atoms with Gasteiger partial charge in [0.25, 0.3) is 0 Å². The molecule has 0 saturated heterocycles. The third kappa shape index (κ3) is 29.8. The van der Waals surface area contributed by atoms with E-state index in [4.69, 9.17) is 14.2 Å². The maximum Gasteiger partial charge on any atom is 0.102 e. The van der Waals surface area contributed by atoms with Gasteiger partial charge in [0.1, 0.15) is 12.6 Å². The second-order valence-corrected chi connectivity index (χ2v) is 10.7. The summed E-state index contributed by atoms with van der Waals surface area (Å²) in [6.45, 7) is 6.52. The number of hydrogen-bond donors (Lipinski definition) is 1. The molecule has 0 aromatic heterocycles. The number of likely N-dealkylation sites (N-methyl/N-ethyl adjacent to an activating group) is 1. The molecule has 0 heterocycles. The molecule has 0 rings (SSSR count). The Morgan fingerprint density at radius 2 is 0.909 bits per heavy atom. The Kier molecular flexibility index (Phi) is 24.8. The van der Waals surface area contributed by atoms with Crippen LogP contribution in [0.15, 0.2) is 0 Å². The fourth-order valence-corrected chi connectivity index (χ4v) is 3.80. The predicted octanol–water partition coefficient (Wildman–Crippen LogP) is 6.36. The van der Waals surface area contributed by atoms with E-state index in [1.54, 1.807) is 0 Å². The average Bonchev–Trinajstić information content (AvgIpc) is 2.77. The summed E-state index contributed by atoms with van der Waals surface area (Å²) in [4.78, 5) is 0. The lowest BCUT2D eigenvalue weighted by Gasteiger charge is -2.23. The van der Waals surface area contributed by atoms with Crippen molar-refractivity contribution in [1.82, 2.24) is 0 Å². The number of ether oxygens (including phenoxy) is 3. The van der Waals surface area contributed by atoms with Gasteiger partial charge in [-0.25, -0.2) is 0 Å². The monoisotopic (exact) mass is 474 g/mol. The van der Waals surface area contributed by atoms with Crippen LogP contribution in [0.1, 0.15) is 110 Å². The molecule has 0 aliphatic rings. The highest BCUT2D eigenvalue weighted by atomic mass is 16.5. The quantitative estimate of drug-likeness (QED) is 0.111.